The minimum Gasteiger partial charge on any atom is -0.285 e. The number of nitrogens with zero attached hydrogens (tertiary/aromatic N) is 3. The molecule has 0 fully saturated rings. The van der Waals surface area contributed by atoms with Gasteiger partial charge in [-0.3, -0.25) is 9.89 Å². The van der Waals surface area contributed by atoms with Crippen LogP contribution >= 0.6 is 0 Å². The monoisotopic (exact) mass is 244 g/mol. The maximum Gasteiger partial charge on any atom is 0.248 e. The van der Waals surface area contributed by atoms with Crippen molar-refractivity contribution in [1.82, 2.24) is 9.78 Å². The summed E-state index contributed by atoms with van der Waals surface area (Å²) in [6.07, 6.45) is 3.08. The molecule has 90 valence electrons. The summed E-state index contributed by atoms with van der Waals surface area (Å²) in [7, 11) is 1.78. The van der Waals surface area contributed by atoms with Gasteiger partial charge in [0.1, 0.15) is 17.0 Å². The molecule has 1 aromatic carbocycles. The molecule has 0 aliphatic rings. The molecule has 2 aromatic heterocycles. The first-order chi connectivity index (χ1) is 8.65. The molecule has 0 spiro atoms. The summed E-state index contributed by atoms with van der Waals surface area (Å²) >= 11 is 0. The predicted molar refractivity (Wildman–Crippen MR) is 63.5 cm³/mol. The van der Waals surface area contributed by atoms with Crippen LogP contribution in [-0.4, -0.2) is 15.0 Å². The second kappa shape index (κ2) is 3.80. The van der Waals surface area contributed by atoms with Crippen LogP contribution in [0, 0.1) is 5.82 Å². The highest BCUT2D eigenvalue weighted by molar-refractivity contribution is 5.92. The Morgan fingerprint density at radius 2 is 2.17 bits per heavy atom. The van der Waals surface area contributed by atoms with Gasteiger partial charge in [0.25, 0.3) is 0 Å². The first-order valence-corrected chi connectivity index (χ1v) is 5.48. The molecule has 0 saturated heterocycles. The lowest BCUT2D eigenvalue weighted by Gasteiger charge is -1.97. The van der Waals surface area contributed by atoms with Gasteiger partial charge in [-0.25, -0.2) is 4.39 Å². The molecule has 3 rings (SSSR count). The van der Waals surface area contributed by atoms with Gasteiger partial charge in [0.15, 0.2) is 0 Å². The summed E-state index contributed by atoms with van der Waals surface area (Å²) < 4.78 is 15.9. The van der Waals surface area contributed by atoms with Crippen molar-refractivity contribution in [3.05, 3.63) is 48.5 Å². The number of aromatic nitrogens is 3. The van der Waals surface area contributed by atoms with Crippen LogP contribution < -0.4 is 4.73 Å². The maximum atomic E-state index is 13.2. The molecule has 4 nitrogen and oxygen atoms in total. The van der Waals surface area contributed by atoms with E-state index in [1.165, 1.54) is 18.3 Å². The molecule has 0 atom stereocenters. The number of halogens is 1. The van der Waals surface area contributed by atoms with E-state index in [0.717, 1.165) is 21.2 Å². The molecule has 18 heavy (non-hydrogen) atoms. The highest BCUT2D eigenvalue weighted by atomic mass is 19.1. The standard InChI is InChI=1S/C13H11FN3O/c1-16-12-8-17(18)6-5-11(12)13(15-16)9-3-2-4-10(14)7-9/h2-8,18H,1H3/q+1. The summed E-state index contributed by atoms with van der Waals surface area (Å²) in [4.78, 5) is 0. The molecule has 0 aliphatic heterocycles. The summed E-state index contributed by atoms with van der Waals surface area (Å²) in [6.45, 7) is 0. The number of benzene rings is 1. The number of hydrogen-bond acceptors (Lipinski definition) is 2. The van der Waals surface area contributed by atoms with Crippen LogP contribution in [0.5, 0.6) is 0 Å². The van der Waals surface area contributed by atoms with E-state index in [-0.39, 0.29) is 5.82 Å². The molecule has 2 heterocycles. The number of rotatable bonds is 1. The van der Waals surface area contributed by atoms with Crippen LogP contribution in [0.3, 0.4) is 0 Å². The molecule has 0 unspecified atom stereocenters. The fraction of sp³-hybridized carbons (Fsp3) is 0.0769. The molecular formula is C13H11FN3O+. The molecule has 1 N–H and O–H groups in total. The zero-order chi connectivity index (χ0) is 12.7. The molecule has 0 amide bonds. The minimum atomic E-state index is -0.292. The largest absolute Gasteiger partial charge is 0.285 e. The summed E-state index contributed by atoms with van der Waals surface area (Å²) in [5.74, 6) is -0.292. The fourth-order valence-corrected chi connectivity index (χ4v) is 2.04. The van der Waals surface area contributed by atoms with Gasteiger partial charge < -0.3 is 0 Å². The van der Waals surface area contributed by atoms with E-state index < -0.39 is 0 Å². The Labute approximate surface area is 102 Å². The molecular weight excluding hydrogens is 233 g/mol. The van der Waals surface area contributed by atoms with Crippen LogP contribution in [0.1, 0.15) is 0 Å². The van der Waals surface area contributed by atoms with Gasteiger partial charge in [0.05, 0.1) is 0 Å². The number of pyridine rings is 1. The van der Waals surface area contributed by atoms with Gasteiger partial charge in [0, 0.05) is 28.8 Å². The van der Waals surface area contributed by atoms with E-state index >= 15 is 0 Å². The Bertz CT molecular complexity index is 736. The van der Waals surface area contributed by atoms with Crippen molar-refractivity contribution in [2.24, 2.45) is 7.05 Å². The molecule has 0 radical (unpaired) electrons. The lowest BCUT2D eigenvalue weighted by atomic mass is 10.1. The van der Waals surface area contributed by atoms with Crippen molar-refractivity contribution in [3.63, 3.8) is 0 Å². The zero-order valence-electron chi connectivity index (χ0n) is 9.71. The number of aryl methyl sites for hydroxylation is 1. The third-order valence-electron chi connectivity index (χ3n) is 2.88. The average Bonchev–Trinajstić information content (AvgIpc) is 2.67. The Morgan fingerprint density at radius 1 is 1.33 bits per heavy atom. The topological polar surface area (TPSA) is 41.9 Å². The lowest BCUT2D eigenvalue weighted by Crippen LogP contribution is -2.28. The fourth-order valence-electron chi connectivity index (χ4n) is 2.04. The van der Waals surface area contributed by atoms with Crippen molar-refractivity contribution < 1.29 is 14.3 Å². The number of fused-ring (bicyclic) bond motifs is 1. The maximum absolute atomic E-state index is 13.2. The Kier molecular flexibility index (Phi) is 2.26. The Morgan fingerprint density at radius 3 is 2.94 bits per heavy atom. The van der Waals surface area contributed by atoms with Crippen LogP contribution in [-0.2, 0) is 7.05 Å². The Hall–Kier alpha value is -2.43. The van der Waals surface area contributed by atoms with Crippen molar-refractivity contribution in [2.45, 2.75) is 0 Å². The highest BCUT2D eigenvalue weighted by Crippen LogP contribution is 2.26. The quantitative estimate of drug-likeness (QED) is 0.524. The molecule has 0 bridgehead atoms. The zero-order valence-corrected chi connectivity index (χ0v) is 9.71. The van der Waals surface area contributed by atoms with E-state index in [4.69, 9.17) is 0 Å². The second-order valence-electron chi connectivity index (χ2n) is 4.11. The minimum absolute atomic E-state index is 0.292. The molecule has 0 aliphatic carbocycles. The van der Waals surface area contributed by atoms with E-state index in [0.29, 0.717) is 5.69 Å². The third-order valence-corrected chi connectivity index (χ3v) is 2.88. The first-order valence-electron chi connectivity index (χ1n) is 5.48. The van der Waals surface area contributed by atoms with E-state index in [1.54, 1.807) is 30.1 Å². The average molecular weight is 244 g/mol. The number of hydrogen-bond donors (Lipinski definition) is 1. The van der Waals surface area contributed by atoms with Gasteiger partial charge in [0.2, 0.25) is 12.4 Å². The van der Waals surface area contributed by atoms with E-state index in [1.807, 2.05) is 6.07 Å². The van der Waals surface area contributed by atoms with Crippen LogP contribution in [0.2, 0.25) is 0 Å². The van der Waals surface area contributed by atoms with Crippen molar-refractivity contribution in [2.75, 3.05) is 0 Å². The van der Waals surface area contributed by atoms with Crippen LogP contribution in [0.4, 0.5) is 4.39 Å². The van der Waals surface area contributed by atoms with Crippen molar-refractivity contribution in [3.8, 4) is 11.3 Å². The third kappa shape index (κ3) is 1.60. The first kappa shape index (κ1) is 10.7. The normalized spacial score (nSPS) is 11.0. The van der Waals surface area contributed by atoms with Gasteiger partial charge in [-0.1, -0.05) is 12.1 Å². The summed E-state index contributed by atoms with van der Waals surface area (Å²) in [6, 6.07) is 8.06. The second-order valence-corrected chi connectivity index (χ2v) is 4.11. The predicted octanol–water partition coefficient (Wildman–Crippen LogP) is 1.90. The summed E-state index contributed by atoms with van der Waals surface area (Å²) in [5, 5.41) is 14.6. The molecule has 3 aromatic rings. The van der Waals surface area contributed by atoms with Crippen LogP contribution in [0.15, 0.2) is 42.7 Å². The highest BCUT2D eigenvalue weighted by Gasteiger charge is 2.14. The molecule has 5 heteroatoms. The van der Waals surface area contributed by atoms with Crippen molar-refractivity contribution in [1.29, 1.82) is 0 Å². The van der Waals surface area contributed by atoms with Crippen LogP contribution in [0.25, 0.3) is 22.2 Å². The van der Waals surface area contributed by atoms with Gasteiger partial charge in [-0.2, -0.15) is 5.10 Å². The lowest BCUT2D eigenvalue weighted by molar-refractivity contribution is -0.904. The van der Waals surface area contributed by atoms with Gasteiger partial charge in [-0.15, -0.1) is 0 Å². The van der Waals surface area contributed by atoms with E-state index in [2.05, 4.69) is 5.10 Å². The van der Waals surface area contributed by atoms with E-state index in [9.17, 15) is 9.60 Å². The molecule has 0 saturated carbocycles. The van der Waals surface area contributed by atoms with Gasteiger partial charge >= 0.3 is 0 Å². The van der Waals surface area contributed by atoms with Gasteiger partial charge in [-0.05, 0) is 12.1 Å². The Balaban J connectivity index is 2.30. The van der Waals surface area contributed by atoms with Crippen molar-refractivity contribution >= 4 is 10.9 Å². The summed E-state index contributed by atoms with van der Waals surface area (Å²) in [5.41, 5.74) is 2.20. The SMILES string of the molecule is Cn1nc(-c2cccc(F)c2)c2cc[n+](O)cc21. The smallest absolute Gasteiger partial charge is 0.248 e.